The summed E-state index contributed by atoms with van der Waals surface area (Å²) in [6.07, 6.45) is 65.3. The Labute approximate surface area is 381 Å². The summed E-state index contributed by atoms with van der Waals surface area (Å²) in [7, 11) is 0. The number of hydrogen-bond acceptors (Lipinski definition) is 6. The molecule has 0 aromatic heterocycles. The summed E-state index contributed by atoms with van der Waals surface area (Å²) < 4.78 is 16.7. The van der Waals surface area contributed by atoms with Gasteiger partial charge in [0.2, 0.25) is 0 Å². The number of ether oxygens (including phenoxy) is 3. The largest absolute Gasteiger partial charge is 0.462 e. The SMILES string of the molecule is CC\C=C/C=C\C=C/C=C\CCCCCC(=O)OCC(COC(=O)CCCCC/C=C\C=C/CCCCCCCCC)OC(=O)CCCCCCCC/C=C\C=C/CCCCC. The van der Waals surface area contributed by atoms with Gasteiger partial charge in [-0.2, -0.15) is 0 Å². The Kier molecular flexibility index (Phi) is 47.0. The molecule has 1 unspecified atom stereocenters. The smallest absolute Gasteiger partial charge is 0.306 e. The van der Waals surface area contributed by atoms with Crippen LogP contribution in [0.1, 0.15) is 220 Å². The molecule has 352 valence electrons. The standard InChI is InChI=1S/C56H92O6/c1-4-7-10-13-16-19-22-25-27-29-31-34-37-40-43-46-49-55(58)61-52-53(51-60-54(57)48-45-42-39-36-33-30-24-21-18-15-12-9-6-3)62-56(59)50-47-44-41-38-35-32-28-26-23-20-17-14-11-8-5-2/h9,12,15,17-18,20-21,23-24,26-27,29-31,33-34,53H,4-8,10-11,13-14,16,19,22,25,28,32,35-52H2,1-3H3/b12-9-,18-15-,20-17-,24-21-,26-23-,29-27-,33-30-,34-31-. The zero-order valence-electron chi connectivity index (χ0n) is 40.1. The maximum atomic E-state index is 12.8. The van der Waals surface area contributed by atoms with E-state index in [9.17, 15) is 14.4 Å². The fraction of sp³-hybridized carbons (Fsp3) is 0.661. The van der Waals surface area contributed by atoms with Crippen LogP contribution >= 0.6 is 0 Å². The highest BCUT2D eigenvalue weighted by Gasteiger charge is 2.19. The molecule has 0 aliphatic carbocycles. The first kappa shape index (κ1) is 58.3. The molecule has 0 fully saturated rings. The Morgan fingerprint density at radius 1 is 0.339 bits per heavy atom. The average Bonchev–Trinajstić information content (AvgIpc) is 3.27. The van der Waals surface area contributed by atoms with Crippen molar-refractivity contribution < 1.29 is 28.6 Å². The van der Waals surface area contributed by atoms with Crippen LogP contribution in [-0.4, -0.2) is 37.2 Å². The van der Waals surface area contributed by atoms with Gasteiger partial charge in [0.25, 0.3) is 0 Å². The predicted molar refractivity (Wildman–Crippen MR) is 265 cm³/mol. The molecule has 0 saturated carbocycles. The molecular weight excluding hydrogens is 769 g/mol. The van der Waals surface area contributed by atoms with E-state index in [-0.39, 0.29) is 31.1 Å². The van der Waals surface area contributed by atoms with Crippen molar-refractivity contribution in [1.82, 2.24) is 0 Å². The van der Waals surface area contributed by atoms with E-state index in [2.05, 4.69) is 81.5 Å². The van der Waals surface area contributed by atoms with E-state index in [0.717, 1.165) is 96.3 Å². The third-order valence-corrected chi connectivity index (χ3v) is 10.4. The molecule has 1 atom stereocenters. The molecule has 0 saturated heterocycles. The summed E-state index contributed by atoms with van der Waals surface area (Å²) in [6, 6.07) is 0. The number of allylic oxidation sites excluding steroid dienone is 16. The minimum Gasteiger partial charge on any atom is -0.462 e. The number of hydrogen-bond donors (Lipinski definition) is 0. The molecule has 0 spiro atoms. The van der Waals surface area contributed by atoms with E-state index >= 15 is 0 Å². The van der Waals surface area contributed by atoms with E-state index < -0.39 is 6.10 Å². The van der Waals surface area contributed by atoms with E-state index in [4.69, 9.17) is 14.2 Å². The van der Waals surface area contributed by atoms with Crippen molar-refractivity contribution in [2.75, 3.05) is 13.2 Å². The Bertz CT molecular complexity index is 1260. The van der Waals surface area contributed by atoms with E-state index in [1.165, 1.54) is 83.5 Å². The van der Waals surface area contributed by atoms with Crippen LogP contribution in [0, 0.1) is 0 Å². The molecule has 0 aromatic rings. The lowest BCUT2D eigenvalue weighted by Gasteiger charge is -2.18. The second-order valence-electron chi connectivity index (χ2n) is 16.5. The first-order valence-electron chi connectivity index (χ1n) is 25.3. The predicted octanol–water partition coefficient (Wildman–Crippen LogP) is 16.6. The number of carbonyl (C=O) groups excluding carboxylic acids is 3. The summed E-state index contributed by atoms with van der Waals surface area (Å²) >= 11 is 0. The first-order valence-corrected chi connectivity index (χ1v) is 25.3. The second kappa shape index (κ2) is 50.0. The fourth-order valence-electron chi connectivity index (χ4n) is 6.61. The van der Waals surface area contributed by atoms with Crippen LogP contribution in [0.2, 0.25) is 0 Å². The summed E-state index contributed by atoms with van der Waals surface area (Å²) in [5.41, 5.74) is 0. The van der Waals surface area contributed by atoms with Crippen LogP contribution < -0.4 is 0 Å². The molecule has 62 heavy (non-hydrogen) atoms. The molecule has 0 rings (SSSR count). The number of unbranched alkanes of at least 4 members (excludes halogenated alkanes) is 22. The van der Waals surface area contributed by atoms with Gasteiger partial charge in [-0.15, -0.1) is 0 Å². The molecule has 0 N–H and O–H groups in total. The van der Waals surface area contributed by atoms with Crippen molar-refractivity contribution in [3.63, 3.8) is 0 Å². The highest BCUT2D eigenvalue weighted by atomic mass is 16.6. The third-order valence-electron chi connectivity index (χ3n) is 10.4. The summed E-state index contributed by atoms with van der Waals surface area (Å²) in [4.78, 5) is 37.9. The van der Waals surface area contributed by atoms with Gasteiger partial charge < -0.3 is 14.2 Å². The average molecular weight is 861 g/mol. The maximum absolute atomic E-state index is 12.8. The normalized spacial score (nSPS) is 12.9. The monoisotopic (exact) mass is 861 g/mol. The van der Waals surface area contributed by atoms with Crippen LogP contribution in [0.5, 0.6) is 0 Å². The van der Waals surface area contributed by atoms with Crippen molar-refractivity contribution in [3.8, 4) is 0 Å². The molecule has 0 heterocycles. The van der Waals surface area contributed by atoms with Crippen molar-refractivity contribution in [2.45, 2.75) is 226 Å². The van der Waals surface area contributed by atoms with Gasteiger partial charge in [-0.25, -0.2) is 0 Å². The summed E-state index contributed by atoms with van der Waals surface area (Å²) in [5.74, 6) is -0.990. The number of rotatable bonds is 44. The molecule has 0 bridgehead atoms. The molecule has 0 aliphatic heterocycles. The van der Waals surface area contributed by atoms with Gasteiger partial charge >= 0.3 is 17.9 Å². The van der Waals surface area contributed by atoms with Crippen LogP contribution in [-0.2, 0) is 28.6 Å². The van der Waals surface area contributed by atoms with Gasteiger partial charge in [0.05, 0.1) is 0 Å². The highest BCUT2D eigenvalue weighted by molar-refractivity contribution is 5.71. The van der Waals surface area contributed by atoms with Crippen molar-refractivity contribution >= 4 is 17.9 Å². The Hall–Kier alpha value is -3.67. The topological polar surface area (TPSA) is 78.9 Å². The minimum absolute atomic E-state index is 0.110. The second-order valence-corrected chi connectivity index (χ2v) is 16.5. The van der Waals surface area contributed by atoms with E-state index in [0.29, 0.717) is 19.3 Å². The van der Waals surface area contributed by atoms with E-state index in [1.807, 2.05) is 36.5 Å². The molecule has 6 heteroatoms. The van der Waals surface area contributed by atoms with Gasteiger partial charge in [-0.3, -0.25) is 14.4 Å². The van der Waals surface area contributed by atoms with Gasteiger partial charge in [0.1, 0.15) is 13.2 Å². The lowest BCUT2D eigenvalue weighted by Crippen LogP contribution is -2.30. The third kappa shape index (κ3) is 47.4. The number of esters is 3. The Morgan fingerprint density at radius 2 is 0.629 bits per heavy atom. The lowest BCUT2D eigenvalue weighted by atomic mass is 10.1. The highest BCUT2D eigenvalue weighted by Crippen LogP contribution is 2.13. The summed E-state index contributed by atoms with van der Waals surface area (Å²) in [5, 5.41) is 0. The van der Waals surface area contributed by atoms with Crippen molar-refractivity contribution in [3.05, 3.63) is 97.2 Å². The fourth-order valence-corrected chi connectivity index (χ4v) is 6.61. The van der Waals surface area contributed by atoms with Crippen molar-refractivity contribution in [1.29, 1.82) is 0 Å². The minimum atomic E-state index is -0.811. The van der Waals surface area contributed by atoms with Gasteiger partial charge in [-0.1, -0.05) is 208 Å². The number of carbonyl (C=O) groups is 3. The molecule has 0 aliphatic rings. The van der Waals surface area contributed by atoms with Crippen LogP contribution in [0.3, 0.4) is 0 Å². The van der Waals surface area contributed by atoms with Gasteiger partial charge in [0.15, 0.2) is 6.10 Å². The summed E-state index contributed by atoms with van der Waals surface area (Å²) in [6.45, 7) is 6.38. The Balaban J connectivity index is 4.52. The van der Waals surface area contributed by atoms with Crippen LogP contribution in [0.25, 0.3) is 0 Å². The molecule has 6 nitrogen and oxygen atoms in total. The van der Waals surface area contributed by atoms with Crippen LogP contribution in [0.15, 0.2) is 97.2 Å². The van der Waals surface area contributed by atoms with Gasteiger partial charge in [-0.05, 0) is 89.9 Å². The van der Waals surface area contributed by atoms with Crippen molar-refractivity contribution in [2.24, 2.45) is 0 Å². The zero-order valence-corrected chi connectivity index (χ0v) is 40.1. The molecule has 0 radical (unpaired) electrons. The lowest BCUT2D eigenvalue weighted by molar-refractivity contribution is -0.167. The first-order chi connectivity index (χ1) is 30.5. The zero-order chi connectivity index (χ0) is 45.1. The van der Waals surface area contributed by atoms with Crippen LogP contribution in [0.4, 0.5) is 0 Å². The Morgan fingerprint density at radius 3 is 1.05 bits per heavy atom. The maximum Gasteiger partial charge on any atom is 0.306 e. The van der Waals surface area contributed by atoms with Gasteiger partial charge in [0, 0.05) is 19.3 Å². The molecular formula is C56H92O6. The molecule has 0 aromatic carbocycles. The van der Waals surface area contributed by atoms with E-state index in [1.54, 1.807) is 0 Å². The molecule has 0 amide bonds. The quantitative estimate of drug-likeness (QED) is 0.0263.